The van der Waals surface area contributed by atoms with E-state index in [-0.39, 0.29) is 0 Å². The van der Waals surface area contributed by atoms with Gasteiger partial charge in [-0.1, -0.05) is 38.5 Å². The summed E-state index contributed by atoms with van der Waals surface area (Å²) < 4.78 is 0. The van der Waals surface area contributed by atoms with Gasteiger partial charge in [0.1, 0.15) is 0 Å². The van der Waals surface area contributed by atoms with Crippen molar-refractivity contribution >= 4 is 16.9 Å². The van der Waals surface area contributed by atoms with E-state index < -0.39 is 0 Å². The first-order chi connectivity index (χ1) is 7.24. The lowest BCUT2D eigenvalue weighted by Gasteiger charge is -2.28. The number of amidine groups is 1. The molecule has 1 fully saturated rings. The minimum Gasteiger partial charge on any atom is -0.364 e. The summed E-state index contributed by atoms with van der Waals surface area (Å²) in [6, 6.07) is 0. The van der Waals surface area contributed by atoms with Gasteiger partial charge in [0, 0.05) is 11.8 Å². The molecule has 1 aliphatic carbocycles. The molecule has 1 atom stereocenters. The van der Waals surface area contributed by atoms with Crippen molar-refractivity contribution in [2.75, 3.05) is 13.1 Å². The SMILES string of the molecule is CCC1(CNC2=NCC(C)S2)CCCC1. The summed E-state index contributed by atoms with van der Waals surface area (Å²) in [5.41, 5.74) is 0.578. The van der Waals surface area contributed by atoms with E-state index in [4.69, 9.17) is 0 Å². The van der Waals surface area contributed by atoms with Crippen LogP contribution in [-0.2, 0) is 0 Å². The van der Waals surface area contributed by atoms with Crippen molar-refractivity contribution < 1.29 is 0 Å². The Kier molecular flexibility index (Phi) is 3.60. The van der Waals surface area contributed by atoms with Crippen LogP contribution in [-0.4, -0.2) is 23.5 Å². The number of hydrogen-bond acceptors (Lipinski definition) is 3. The summed E-state index contributed by atoms with van der Waals surface area (Å²) in [6.07, 6.45) is 6.97. The molecule has 0 aromatic carbocycles. The van der Waals surface area contributed by atoms with Crippen molar-refractivity contribution in [3.8, 4) is 0 Å². The molecule has 0 amide bonds. The molecule has 0 radical (unpaired) electrons. The van der Waals surface area contributed by atoms with Gasteiger partial charge in [-0.05, 0) is 24.7 Å². The Balaban J connectivity index is 1.81. The highest BCUT2D eigenvalue weighted by molar-refractivity contribution is 8.14. The predicted octanol–water partition coefficient (Wildman–Crippen LogP) is 3.04. The number of nitrogens with zero attached hydrogens (tertiary/aromatic N) is 1. The van der Waals surface area contributed by atoms with E-state index in [0.29, 0.717) is 10.7 Å². The summed E-state index contributed by atoms with van der Waals surface area (Å²) in [5.74, 6) is 0. The molecule has 1 saturated carbocycles. The fourth-order valence-corrected chi connectivity index (χ4v) is 3.45. The van der Waals surface area contributed by atoms with Crippen LogP contribution in [0.1, 0.15) is 46.0 Å². The van der Waals surface area contributed by atoms with Gasteiger partial charge >= 0.3 is 0 Å². The van der Waals surface area contributed by atoms with Gasteiger partial charge in [-0.3, -0.25) is 4.99 Å². The highest BCUT2D eigenvalue weighted by Crippen LogP contribution is 2.40. The zero-order chi connectivity index (χ0) is 10.7. The quantitative estimate of drug-likeness (QED) is 0.800. The number of thioether (sulfide) groups is 1. The average Bonchev–Trinajstić information content (AvgIpc) is 2.85. The second-order valence-corrected chi connectivity index (χ2v) is 6.42. The molecular formula is C12H22N2S. The van der Waals surface area contributed by atoms with Crippen molar-refractivity contribution in [2.24, 2.45) is 10.4 Å². The van der Waals surface area contributed by atoms with E-state index in [1.807, 2.05) is 11.8 Å². The van der Waals surface area contributed by atoms with E-state index in [1.165, 1.54) is 37.3 Å². The van der Waals surface area contributed by atoms with Crippen LogP contribution in [0.5, 0.6) is 0 Å². The van der Waals surface area contributed by atoms with Gasteiger partial charge in [-0.15, -0.1) is 0 Å². The Bertz CT molecular complexity index is 244. The summed E-state index contributed by atoms with van der Waals surface area (Å²) in [6.45, 7) is 6.71. The molecule has 1 aliphatic heterocycles. The summed E-state index contributed by atoms with van der Waals surface area (Å²) >= 11 is 1.90. The first kappa shape index (κ1) is 11.3. The van der Waals surface area contributed by atoms with Gasteiger partial charge in [0.2, 0.25) is 0 Å². The third kappa shape index (κ3) is 2.68. The summed E-state index contributed by atoms with van der Waals surface area (Å²) in [4.78, 5) is 4.51. The smallest absolute Gasteiger partial charge is 0.156 e. The maximum Gasteiger partial charge on any atom is 0.156 e. The lowest BCUT2D eigenvalue weighted by atomic mass is 9.83. The van der Waals surface area contributed by atoms with Crippen molar-refractivity contribution in [3.05, 3.63) is 0 Å². The molecule has 2 nitrogen and oxygen atoms in total. The molecule has 0 bridgehead atoms. The van der Waals surface area contributed by atoms with E-state index in [1.54, 1.807) is 0 Å². The monoisotopic (exact) mass is 226 g/mol. The van der Waals surface area contributed by atoms with Crippen LogP contribution in [0.25, 0.3) is 0 Å². The largest absolute Gasteiger partial charge is 0.364 e. The Morgan fingerprint density at radius 1 is 1.47 bits per heavy atom. The molecule has 15 heavy (non-hydrogen) atoms. The molecule has 2 aliphatic rings. The van der Waals surface area contributed by atoms with E-state index in [2.05, 4.69) is 24.2 Å². The molecule has 0 aromatic heterocycles. The zero-order valence-corrected chi connectivity index (χ0v) is 10.7. The molecule has 1 N–H and O–H groups in total. The summed E-state index contributed by atoms with van der Waals surface area (Å²) in [5, 5.41) is 5.42. The minimum absolute atomic E-state index is 0.578. The Hall–Kier alpha value is -0.180. The highest BCUT2D eigenvalue weighted by atomic mass is 32.2. The lowest BCUT2D eigenvalue weighted by Crippen LogP contribution is -2.33. The van der Waals surface area contributed by atoms with Crippen LogP contribution >= 0.6 is 11.8 Å². The first-order valence-electron chi connectivity index (χ1n) is 6.19. The van der Waals surface area contributed by atoms with Gasteiger partial charge in [0.15, 0.2) is 5.17 Å². The lowest BCUT2D eigenvalue weighted by molar-refractivity contribution is 0.285. The standard InChI is InChI=1S/C12H22N2S/c1-3-12(6-4-5-7-12)9-14-11-13-8-10(2)15-11/h10H,3-9H2,1-2H3,(H,13,14). The maximum absolute atomic E-state index is 4.51. The van der Waals surface area contributed by atoms with Gasteiger partial charge < -0.3 is 5.32 Å². The number of aliphatic imine (C=N–C) groups is 1. The van der Waals surface area contributed by atoms with Crippen molar-refractivity contribution in [3.63, 3.8) is 0 Å². The molecule has 3 heteroatoms. The number of rotatable bonds is 3. The topological polar surface area (TPSA) is 24.4 Å². The Labute approximate surface area is 97.3 Å². The van der Waals surface area contributed by atoms with Crippen LogP contribution in [0.3, 0.4) is 0 Å². The second kappa shape index (κ2) is 4.77. The molecule has 0 spiro atoms. The molecule has 1 unspecified atom stereocenters. The normalized spacial score (nSPS) is 29.2. The average molecular weight is 226 g/mol. The van der Waals surface area contributed by atoms with Crippen LogP contribution in [0.2, 0.25) is 0 Å². The van der Waals surface area contributed by atoms with Gasteiger partial charge in [0.05, 0.1) is 6.54 Å². The fraction of sp³-hybridized carbons (Fsp3) is 0.917. The maximum atomic E-state index is 4.51. The Morgan fingerprint density at radius 2 is 2.20 bits per heavy atom. The van der Waals surface area contributed by atoms with Gasteiger partial charge in [0.25, 0.3) is 0 Å². The fourth-order valence-electron chi connectivity index (χ4n) is 2.62. The van der Waals surface area contributed by atoms with Crippen molar-refractivity contribution in [1.82, 2.24) is 5.32 Å². The van der Waals surface area contributed by atoms with Crippen LogP contribution in [0, 0.1) is 5.41 Å². The van der Waals surface area contributed by atoms with E-state index in [0.717, 1.165) is 13.1 Å². The highest BCUT2D eigenvalue weighted by Gasteiger charge is 2.32. The predicted molar refractivity (Wildman–Crippen MR) is 68.5 cm³/mol. The molecule has 86 valence electrons. The summed E-state index contributed by atoms with van der Waals surface area (Å²) in [7, 11) is 0. The second-order valence-electron chi connectivity index (χ2n) is 4.99. The van der Waals surface area contributed by atoms with E-state index >= 15 is 0 Å². The number of nitrogens with one attached hydrogen (secondary N) is 1. The van der Waals surface area contributed by atoms with Crippen LogP contribution in [0.4, 0.5) is 0 Å². The zero-order valence-electron chi connectivity index (χ0n) is 9.88. The molecule has 0 aromatic rings. The van der Waals surface area contributed by atoms with Crippen LogP contribution < -0.4 is 5.32 Å². The molecule has 2 rings (SSSR count). The molecule has 1 heterocycles. The molecular weight excluding hydrogens is 204 g/mol. The first-order valence-corrected chi connectivity index (χ1v) is 7.07. The van der Waals surface area contributed by atoms with E-state index in [9.17, 15) is 0 Å². The van der Waals surface area contributed by atoms with Crippen molar-refractivity contribution in [2.45, 2.75) is 51.2 Å². The number of hydrogen-bond donors (Lipinski definition) is 1. The van der Waals surface area contributed by atoms with Gasteiger partial charge in [-0.25, -0.2) is 0 Å². The Morgan fingerprint density at radius 3 is 2.73 bits per heavy atom. The minimum atomic E-state index is 0.578. The van der Waals surface area contributed by atoms with Crippen molar-refractivity contribution in [1.29, 1.82) is 0 Å². The van der Waals surface area contributed by atoms with Gasteiger partial charge in [-0.2, -0.15) is 0 Å². The molecule has 0 saturated heterocycles. The van der Waals surface area contributed by atoms with Crippen LogP contribution in [0.15, 0.2) is 4.99 Å². The third-order valence-corrected chi connectivity index (χ3v) is 4.88. The third-order valence-electron chi connectivity index (χ3n) is 3.83.